The van der Waals surface area contributed by atoms with Crippen molar-refractivity contribution in [1.82, 2.24) is 4.98 Å². The Bertz CT molecular complexity index is 365. The molecule has 8 heteroatoms. The van der Waals surface area contributed by atoms with Crippen LogP contribution in [0.3, 0.4) is 0 Å². The smallest absolute Gasteiger partial charge is 0.258 e. The number of hydrogen-bond acceptors (Lipinski definition) is 3. The lowest BCUT2D eigenvalue weighted by atomic mass is 10.3. The fourth-order valence-corrected chi connectivity index (χ4v) is 2.47. The highest BCUT2D eigenvalue weighted by Gasteiger charge is 2.22. The lowest BCUT2D eigenvalue weighted by molar-refractivity contribution is -0.387. The van der Waals surface area contributed by atoms with Crippen LogP contribution in [-0.4, -0.2) is 9.91 Å². The van der Waals surface area contributed by atoms with Crippen molar-refractivity contribution < 1.29 is 13.7 Å². The number of aromatic nitrogens is 1. The molecular weight excluding hydrogens is 377 g/mol. The first-order valence-electron chi connectivity index (χ1n) is 3.22. The second-order valence-electron chi connectivity index (χ2n) is 2.23. The highest BCUT2D eigenvalue weighted by Crippen LogP contribution is 2.31. The molecule has 0 saturated carbocycles. The standard InChI is InChI=1S/C6H2BrF2IN2O2/c7-2-1-3(5(8)9)11-6(10)4(2)12(13)14/h1,5H. The zero-order chi connectivity index (χ0) is 10.9. The Balaban J connectivity index is 3.32. The number of alkyl halides is 2. The number of nitrogens with zero attached hydrogens (tertiary/aromatic N) is 2. The number of rotatable bonds is 2. The van der Waals surface area contributed by atoms with Gasteiger partial charge in [0.1, 0.15) is 10.2 Å². The van der Waals surface area contributed by atoms with E-state index < -0.39 is 17.0 Å². The number of halogens is 4. The van der Waals surface area contributed by atoms with E-state index in [2.05, 4.69) is 20.9 Å². The van der Waals surface area contributed by atoms with Gasteiger partial charge in [-0.3, -0.25) is 10.1 Å². The van der Waals surface area contributed by atoms with E-state index in [9.17, 15) is 18.9 Å². The maximum absolute atomic E-state index is 12.2. The summed E-state index contributed by atoms with van der Waals surface area (Å²) in [7, 11) is 0. The van der Waals surface area contributed by atoms with Gasteiger partial charge in [-0.25, -0.2) is 13.8 Å². The molecule has 1 rings (SSSR count). The first-order chi connectivity index (χ1) is 6.43. The van der Waals surface area contributed by atoms with Crippen LogP contribution >= 0.6 is 38.5 Å². The topological polar surface area (TPSA) is 56.0 Å². The molecule has 1 aromatic heterocycles. The van der Waals surface area contributed by atoms with Gasteiger partial charge in [0.15, 0.2) is 3.70 Å². The maximum Gasteiger partial charge on any atom is 0.315 e. The summed E-state index contributed by atoms with van der Waals surface area (Å²) in [6.07, 6.45) is -2.74. The van der Waals surface area contributed by atoms with Gasteiger partial charge in [0, 0.05) is 0 Å². The van der Waals surface area contributed by atoms with E-state index >= 15 is 0 Å². The van der Waals surface area contributed by atoms with Crippen molar-refractivity contribution in [2.75, 3.05) is 0 Å². The minimum atomic E-state index is -2.74. The quantitative estimate of drug-likeness (QED) is 0.343. The highest BCUT2D eigenvalue weighted by molar-refractivity contribution is 14.1. The molecule has 4 nitrogen and oxygen atoms in total. The van der Waals surface area contributed by atoms with Crippen LogP contribution in [0.1, 0.15) is 12.1 Å². The average molecular weight is 379 g/mol. The van der Waals surface area contributed by atoms with E-state index in [0.717, 1.165) is 6.07 Å². The molecule has 0 amide bonds. The molecule has 0 spiro atoms. The molecule has 0 N–H and O–H groups in total. The largest absolute Gasteiger partial charge is 0.315 e. The van der Waals surface area contributed by atoms with E-state index in [1.807, 2.05) is 0 Å². The van der Waals surface area contributed by atoms with E-state index in [4.69, 9.17) is 0 Å². The Morgan fingerprint density at radius 3 is 2.57 bits per heavy atom. The summed E-state index contributed by atoms with van der Waals surface area (Å²) in [6, 6.07) is 0.949. The minimum Gasteiger partial charge on any atom is -0.258 e. The molecular formula is C6H2BrF2IN2O2. The van der Waals surface area contributed by atoms with Gasteiger partial charge in [-0.1, -0.05) is 0 Å². The van der Waals surface area contributed by atoms with Crippen molar-refractivity contribution in [3.05, 3.63) is 30.0 Å². The molecule has 0 aliphatic heterocycles. The summed E-state index contributed by atoms with van der Waals surface area (Å²) in [5.41, 5.74) is -0.776. The molecule has 0 aliphatic carbocycles. The molecule has 0 fully saturated rings. The van der Waals surface area contributed by atoms with Gasteiger partial charge in [0.25, 0.3) is 6.43 Å². The van der Waals surface area contributed by atoms with Crippen LogP contribution in [0.5, 0.6) is 0 Å². The summed E-state index contributed by atoms with van der Waals surface area (Å²) in [4.78, 5) is 13.2. The van der Waals surface area contributed by atoms with Gasteiger partial charge < -0.3 is 0 Å². The number of hydrogen-bond donors (Lipinski definition) is 0. The van der Waals surface area contributed by atoms with Crippen molar-refractivity contribution >= 4 is 44.2 Å². The van der Waals surface area contributed by atoms with Crippen LogP contribution in [-0.2, 0) is 0 Å². The normalized spacial score (nSPS) is 10.6. The summed E-state index contributed by atoms with van der Waals surface area (Å²) in [6.45, 7) is 0. The lowest BCUT2D eigenvalue weighted by Crippen LogP contribution is -1.99. The van der Waals surface area contributed by atoms with E-state index in [1.54, 1.807) is 22.6 Å². The summed E-state index contributed by atoms with van der Waals surface area (Å²) in [5.74, 6) is 0. The van der Waals surface area contributed by atoms with E-state index in [0.29, 0.717) is 0 Å². The van der Waals surface area contributed by atoms with Crippen molar-refractivity contribution in [3.63, 3.8) is 0 Å². The van der Waals surface area contributed by atoms with Crippen LogP contribution in [0.15, 0.2) is 10.5 Å². The van der Waals surface area contributed by atoms with Gasteiger partial charge in [-0.05, 0) is 44.6 Å². The predicted octanol–water partition coefficient (Wildman–Crippen LogP) is 3.29. The van der Waals surface area contributed by atoms with Gasteiger partial charge in [-0.15, -0.1) is 0 Å². The monoisotopic (exact) mass is 378 g/mol. The first-order valence-corrected chi connectivity index (χ1v) is 5.09. The molecule has 0 radical (unpaired) electrons. The van der Waals surface area contributed by atoms with Gasteiger partial charge in [-0.2, -0.15) is 0 Å². The molecule has 14 heavy (non-hydrogen) atoms. The Labute approximate surface area is 99.1 Å². The third kappa shape index (κ3) is 2.35. The second-order valence-corrected chi connectivity index (χ2v) is 4.10. The molecule has 1 aromatic rings. The van der Waals surface area contributed by atoms with Crippen LogP contribution in [0.2, 0.25) is 0 Å². The summed E-state index contributed by atoms with van der Waals surface area (Å²) in [5, 5.41) is 10.5. The van der Waals surface area contributed by atoms with Gasteiger partial charge >= 0.3 is 5.69 Å². The number of pyridine rings is 1. The van der Waals surface area contributed by atoms with Crippen molar-refractivity contribution in [1.29, 1.82) is 0 Å². The summed E-state index contributed by atoms with van der Waals surface area (Å²) >= 11 is 4.39. The average Bonchev–Trinajstić information content (AvgIpc) is 2.01. The van der Waals surface area contributed by atoms with Crippen molar-refractivity contribution in [2.45, 2.75) is 6.43 Å². The van der Waals surface area contributed by atoms with Gasteiger partial charge in [0.2, 0.25) is 0 Å². The molecule has 0 atom stereocenters. The first kappa shape index (κ1) is 11.7. The number of nitro groups is 1. The minimum absolute atomic E-state index is 0.0113. The molecule has 0 aromatic carbocycles. The third-order valence-electron chi connectivity index (χ3n) is 1.33. The van der Waals surface area contributed by atoms with Crippen molar-refractivity contribution in [3.8, 4) is 0 Å². The maximum atomic E-state index is 12.2. The van der Waals surface area contributed by atoms with Crippen LogP contribution in [0, 0.1) is 13.8 Å². The third-order valence-corrected chi connectivity index (χ3v) is 2.69. The Hall–Kier alpha value is -0.380. The lowest BCUT2D eigenvalue weighted by Gasteiger charge is -2.02. The molecule has 0 saturated heterocycles. The molecule has 0 unspecified atom stereocenters. The Morgan fingerprint density at radius 1 is 1.64 bits per heavy atom. The summed E-state index contributed by atoms with van der Waals surface area (Å²) < 4.78 is 24.4. The van der Waals surface area contributed by atoms with Crippen molar-refractivity contribution in [2.24, 2.45) is 0 Å². The molecule has 1 heterocycles. The molecule has 76 valence electrons. The fourth-order valence-electron chi connectivity index (χ4n) is 0.770. The fraction of sp³-hybridized carbons (Fsp3) is 0.167. The van der Waals surface area contributed by atoms with Crippen LogP contribution in [0.25, 0.3) is 0 Å². The Morgan fingerprint density at radius 2 is 2.21 bits per heavy atom. The van der Waals surface area contributed by atoms with E-state index in [1.165, 1.54) is 0 Å². The van der Waals surface area contributed by atoms with Crippen LogP contribution in [0.4, 0.5) is 14.5 Å². The zero-order valence-corrected chi connectivity index (χ0v) is 10.1. The second kappa shape index (κ2) is 4.43. The molecule has 0 aliphatic rings. The predicted molar refractivity (Wildman–Crippen MR) is 56.3 cm³/mol. The highest BCUT2D eigenvalue weighted by atomic mass is 127. The Kier molecular flexibility index (Phi) is 3.70. The van der Waals surface area contributed by atoms with E-state index in [-0.39, 0.29) is 13.9 Å². The van der Waals surface area contributed by atoms with Crippen LogP contribution < -0.4 is 0 Å². The molecule has 0 bridgehead atoms. The van der Waals surface area contributed by atoms with Gasteiger partial charge in [0.05, 0.1) is 4.92 Å². The SMILES string of the molecule is O=[N+]([O-])c1c(Br)cc(C(F)F)nc1I. The zero-order valence-electron chi connectivity index (χ0n) is 6.38.